The van der Waals surface area contributed by atoms with Gasteiger partial charge in [0.2, 0.25) is 0 Å². The third-order valence-corrected chi connectivity index (χ3v) is 3.55. The number of hydrogen-bond donors (Lipinski definition) is 1. The molecule has 1 aromatic heterocycles. The van der Waals surface area contributed by atoms with Gasteiger partial charge in [-0.15, -0.1) is 0 Å². The van der Waals surface area contributed by atoms with Gasteiger partial charge in [-0.05, 0) is 24.6 Å². The molecule has 0 bridgehead atoms. The molecule has 1 aromatic carbocycles. The van der Waals surface area contributed by atoms with E-state index in [0.717, 1.165) is 24.3 Å². The molecule has 1 amide bonds. The fourth-order valence-corrected chi connectivity index (χ4v) is 2.51. The van der Waals surface area contributed by atoms with Crippen LogP contribution in [0.3, 0.4) is 0 Å². The first-order valence-corrected chi connectivity index (χ1v) is 6.94. The number of amides is 1. The summed E-state index contributed by atoms with van der Waals surface area (Å²) >= 11 is 0. The number of ether oxygens (including phenoxy) is 1. The number of anilines is 2. The Labute approximate surface area is 123 Å². The predicted octanol–water partition coefficient (Wildman–Crippen LogP) is 2.55. The Balaban J connectivity index is 2.01. The molecule has 5 nitrogen and oxygen atoms in total. The molecule has 1 aliphatic heterocycles. The van der Waals surface area contributed by atoms with E-state index in [1.807, 2.05) is 24.3 Å². The summed E-state index contributed by atoms with van der Waals surface area (Å²) in [5.41, 5.74) is 2.42. The lowest BCUT2D eigenvalue weighted by atomic mass is 10.1. The van der Waals surface area contributed by atoms with Gasteiger partial charge in [0.1, 0.15) is 5.75 Å². The van der Waals surface area contributed by atoms with Crippen LogP contribution in [0.15, 0.2) is 42.7 Å². The predicted molar refractivity (Wildman–Crippen MR) is 82.0 cm³/mol. The number of carbonyl (C=O) groups is 1. The van der Waals surface area contributed by atoms with E-state index in [-0.39, 0.29) is 5.91 Å². The minimum atomic E-state index is -0.0644. The van der Waals surface area contributed by atoms with E-state index >= 15 is 0 Å². The minimum Gasteiger partial charge on any atom is -0.494 e. The van der Waals surface area contributed by atoms with E-state index in [0.29, 0.717) is 17.9 Å². The second kappa shape index (κ2) is 5.83. The van der Waals surface area contributed by atoms with Crippen LogP contribution in [-0.2, 0) is 0 Å². The fourth-order valence-electron chi connectivity index (χ4n) is 2.51. The highest BCUT2D eigenvalue weighted by molar-refractivity contribution is 6.09. The Morgan fingerprint density at radius 3 is 3.05 bits per heavy atom. The lowest BCUT2D eigenvalue weighted by molar-refractivity contribution is 0.0984. The monoisotopic (exact) mass is 283 g/mol. The van der Waals surface area contributed by atoms with Crippen molar-refractivity contribution in [2.45, 2.75) is 6.42 Å². The molecule has 2 heterocycles. The van der Waals surface area contributed by atoms with Gasteiger partial charge in [-0.1, -0.05) is 12.1 Å². The van der Waals surface area contributed by atoms with Crippen molar-refractivity contribution < 1.29 is 9.53 Å². The zero-order valence-corrected chi connectivity index (χ0v) is 11.9. The van der Waals surface area contributed by atoms with Crippen LogP contribution < -0.4 is 15.0 Å². The number of carbonyl (C=O) groups excluding carboxylic acids is 1. The Morgan fingerprint density at radius 1 is 1.33 bits per heavy atom. The third kappa shape index (κ3) is 2.54. The van der Waals surface area contributed by atoms with Gasteiger partial charge >= 0.3 is 0 Å². The highest BCUT2D eigenvalue weighted by atomic mass is 16.5. The van der Waals surface area contributed by atoms with Crippen molar-refractivity contribution in [3.8, 4) is 5.75 Å². The lowest BCUT2D eigenvalue weighted by Gasteiger charge is -2.23. The topological polar surface area (TPSA) is 54.5 Å². The summed E-state index contributed by atoms with van der Waals surface area (Å²) in [6.07, 6.45) is 4.07. The molecule has 1 N–H and O–H groups in total. The molecule has 0 radical (unpaired) electrons. The molecule has 108 valence electrons. The molecule has 0 fully saturated rings. The van der Waals surface area contributed by atoms with Crippen LogP contribution >= 0.6 is 0 Å². The van der Waals surface area contributed by atoms with Crippen molar-refractivity contribution >= 4 is 17.3 Å². The summed E-state index contributed by atoms with van der Waals surface area (Å²) in [4.78, 5) is 18.7. The molecule has 5 heteroatoms. The normalized spacial score (nSPS) is 13.9. The van der Waals surface area contributed by atoms with Gasteiger partial charge < -0.3 is 15.0 Å². The molecular formula is C16H17N3O2. The number of nitrogens with one attached hydrogen (secondary N) is 1. The number of methoxy groups -OCH3 is 1. The first-order valence-electron chi connectivity index (χ1n) is 6.94. The smallest absolute Gasteiger partial charge is 0.262 e. The fraction of sp³-hybridized carbons (Fsp3) is 0.250. The average molecular weight is 283 g/mol. The summed E-state index contributed by atoms with van der Waals surface area (Å²) in [5, 5.41) is 3.35. The second-order valence-electron chi connectivity index (χ2n) is 4.83. The van der Waals surface area contributed by atoms with E-state index in [9.17, 15) is 4.79 Å². The van der Waals surface area contributed by atoms with E-state index in [4.69, 9.17) is 4.74 Å². The Hall–Kier alpha value is -2.56. The highest BCUT2D eigenvalue weighted by Gasteiger charge is 2.24. The van der Waals surface area contributed by atoms with Crippen molar-refractivity contribution in [3.05, 3.63) is 48.3 Å². The zero-order chi connectivity index (χ0) is 14.7. The maximum atomic E-state index is 12.9. The zero-order valence-electron chi connectivity index (χ0n) is 11.9. The number of hydrogen-bond acceptors (Lipinski definition) is 4. The van der Waals surface area contributed by atoms with E-state index in [2.05, 4.69) is 10.3 Å². The van der Waals surface area contributed by atoms with Crippen LogP contribution in [0.5, 0.6) is 5.75 Å². The van der Waals surface area contributed by atoms with E-state index in [1.54, 1.807) is 30.5 Å². The maximum absolute atomic E-state index is 12.9. The van der Waals surface area contributed by atoms with Gasteiger partial charge in [-0.2, -0.15) is 0 Å². The van der Waals surface area contributed by atoms with Crippen LogP contribution in [0.4, 0.5) is 11.4 Å². The van der Waals surface area contributed by atoms with Gasteiger partial charge in [-0.25, -0.2) is 0 Å². The third-order valence-electron chi connectivity index (χ3n) is 3.55. The molecule has 0 saturated heterocycles. The van der Waals surface area contributed by atoms with E-state index < -0.39 is 0 Å². The summed E-state index contributed by atoms with van der Waals surface area (Å²) in [6.45, 7) is 1.53. The highest BCUT2D eigenvalue weighted by Crippen LogP contribution is 2.30. The molecule has 1 aliphatic rings. The number of aromatic nitrogens is 1. The molecule has 2 aromatic rings. The first kappa shape index (κ1) is 13.4. The lowest BCUT2D eigenvalue weighted by Crippen LogP contribution is -2.31. The van der Waals surface area contributed by atoms with Crippen LogP contribution in [0.1, 0.15) is 16.8 Å². The second-order valence-corrected chi connectivity index (χ2v) is 4.83. The molecule has 0 spiro atoms. The first-order chi connectivity index (χ1) is 10.3. The molecule has 0 saturated carbocycles. The minimum absolute atomic E-state index is 0.0644. The number of para-hydroxylation sites is 2. The number of fused-ring (bicyclic) bond motifs is 1. The molecule has 0 atom stereocenters. The molecule has 0 unspecified atom stereocenters. The van der Waals surface area contributed by atoms with Crippen LogP contribution in [0.25, 0.3) is 0 Å². The van der Waals surface area contributed by atoms with Crippen molar-refractivity contribution in [2.24, 2.45) is 0 Å². The largest absolute Gasteiger partial charge is 0.494 e. The van der Waals surface area contributed by atoms with Crippen molar-refractivity contribution in [1.82, 2.24) is 4.98 Å². The number of benzene rings is 1. The maximum Gasteiger partial charge on any atom is 0.262 e. The van der Waals surface area contributed by atoms with Crippen LogP contribution in [0.2, 0.25) is 0 Å². The van der Waals surface area contributed by atoms with Crippen LogP contribution in [0, 0.1) is 0 Å². The van der Waals surface area contributed by atoms with Crippen molar-refractivity contribution in [3.63, 3.8) is 0 Å². The molecular weight excluding hydrogens is 266 g/mol. The van der Waals surface area contributed by atoms with Gasteiger partial charge in [0.05, 0.1) is 30.2 Å². The SMILES string of the molecule is COc1cnccc1C(=O)N1CCCNc2ccccc21. The van der Waals surface area contributed by atoms with Gasteiger partial charge in [0, 0.05) is 19.3 Å². The standard InChI is InChI=1S/C16H17N3O2/c1-21-15-11-17-9-7-12(15)16(20)19-10-4-8-18-13-5-2-3-6-14(13)19/h2-3,5-7,9,11,18H,4,8,10H2,1H3. The van der Waals surface area contributed by atoms with Gasteiger partial charge in [0.25, 0.3) is 5.91 Å². The summed E-state index contributed by atoms with van der Waals surface area (Å²) in [5.74, 6) is 0.433. The number of nitrogens with zero attached hydrogens (tertiary/aromatic N) is 2. The quantitative estimate of drug-likeness (QED) is 0.920. The average Bonchev–Trinajstić information content (AvgIpc) is 2.76. The van der Waals surface area contributed by atoms with Gasteiger partial charge in [-0.3, -0.25) is 9.78 Å². The Morgan fingerprint density at radius 2 is 2.19 bits per heavy atom. The van der Waals surface area contributed by atoms with Crippen LogP contribution in [-0.4, -0.2) is 31.1 Å². The number of pyridine rings is 1. The Kier molecular flexibility index (Phi) is 3.73. The number of rotatable bonds is 2. The Bertz CT molecular complexity index is 657. The molecule has 3 rings (SSSR count). The summed E-state index contributed by atoms with van der Waals surface area (Å²) < 4.78 is 5.25. The van der Waals surface area contributed by atoms with Crippen molar-refractivity contribution in [2.75, 3.05) is 30.4 Å². The summed E-state index contributed by atoms with van der Waals surface area (Å²) in [6, 6.07) is 9.55. The molecule has 21 heavy (non-hydrogen) atoms. The van der Waals surface area contributed by atoms with Crippen molar-refractivity contribution in [1.29, 1.82) is 0 Å². The molecule has 0 aliphatic carbocycles. The van der Waals surface area contributed by atoms with Gasteiger partial charge in [0.15, 0.2) is 0 Å². The van der Waals surface area contributed by atoms with E-state index in [1.165, 1.54) is 0 Å². The summed E-state index contributed by atoms with van der Waals surface area (Å²) in [7, 11) is 1.55.